The topological polar surface area (TPSA) is 59.4 Å². The van der Waals surface area contributed by atoms with Gasteiger partial charge in [0.2, 0.25) is 0 Å². The summed E-state index contributed by atoms with van der Waals surface area (Å²) in [5.74, 6) is -0.899. The summed E-state index contributed by atoms with van der Waals surface area (Å²) in [6.45, 7) is 2.48. The molecule has 0 aromatic carbocycles. The molecular formula is C9H11NO3S. The Morgan fingerprint density at radius 2 is 2.50 bits per heavy atom. The summed E-state index contributed by atoms with van der Waals surface area (Å²) < 4.78 is 5.44. The minimum Gasteiger partial charge on any atom is -0.477 e. The van der Waals surface area contributed by atoms with Crippen molar-refractivity contribution in [3.63, 3.8) is 0 Å². The molecule has 5 heteroatoms. The first-order chi connectivity index (χ1) is 6.68. The number of nitrogens with zero attached hydrogens (tertiary/aromatic N) is 1. The molecule has 1 N–H and O–H groups in total. The zero-order chi connectivity index (χ0) is 10.1. The SMILES string of the molecule is Cc1nc([C@H]2CCCO2)sc1C(=O)O. The summed E-state index contributed by atoms with van der Waals surface area (Å²) in [6, 6.07) is 0. The number of aromatic carboxylic acids is 1. The highest BCUT2D eigenvalue weighted by atomic mass is 32.1. The van der Waals surface area contributed by atoms with Crippen molar-refractivity contribution in [3.05, 3.63) is 15.6 Å². The van der Waals surface area contributed by atoms with E-state index in [-0.39, 0.29) is 6.10 Å². The van der Waals surface area contributed by atoms with Gasteiger partial charge in [-0.05, 0) is 19.8 Å². The maximum absolute atomic E-state index is 10.8. The van der Waals surface area contributed by atoms with Crippen molar-refractivity contribution in [2.75, 3.05) is 6.61 Å². The van der Waals surface area contributed by atoms with E-state index in [2.05, 4.69) is 4.98 Å². The highest BCUT2D eigenvalue weighted by Gasteiger charge is 2.24. The molecule has 0 spiro atoms. The number of hydrogen-bond acceptors (Lipinski definition) is 4. The number of carbonyl (C=O) groups is 1. The molecule has 4 nitrogen and oxygen atoms in total. The van der Waals surface area contributed by atoms with Gasteiger partial charge in [-0.2, -0.15) is 0 Å². The zero-order valence-electron chi connectivity index (χ0n) is 7.82. The maximum atomic E-state index is 10.8. The van der Waals surface area contributed by atoms with Gasteiger partial charge in [0.05, 0.1) is 5.69 Å². The van der Waals surface area contributed by atoms with E-state index in [4.69, 9.17) is 9.84 Å². The molecule has 1 aromatic heterocycles. The Balaban J connectivity index is 2.27. The molecule has 14 heavy (non-hydrogen) atoms. The third-order valence-corrected chi connectivity index (χ3v) is 3.45. The molecular weight excluding hydrogens is 202 g/mol. The van der Waals surface area contributed by atoms with E-state index < -0.39 is 5.97 Å². The third-order valence-electron chi connectivity index (χ3n) is 2.21. The molecule has 76 valence electrons. The maximum Gasteiger partial charge on any atom is 0.347 e. The lowest BCUT2D eigenvalue weighted by atomic mass is 10.2. The molecule has 1 saturated heterocycles. The molecule has 0 amide bonds. The van der Waals surface area contributed by atoms with Gasteiger partial charge in [0.25, 0.3) is 0 Å². The Morgan fingerprint density at radius 1 is 1.71 bits per heavy atom. The van der Waals surface area contributed by atoms with Gasteiger partial charge in [-0.1, -0.05) is 0 Å². The fraction of sp³-hybridized carbons (Fsp3) is 0.556. The van der Waals surface area contributed by atoms with Crippen LogP contribution in [0.1, 0.15) is 39.3 Å². The van der Waals surface area contributed by atoms with Crippen molar-refractivity contribution < 1.29 is 14.6 Å². The van der Waals surface area contributed by atoms with E-state index in [0.717, 1.165) is 24.5 Å². The fourth-order valence-corrected chi connectivity index (χ4v) is 2.52. The van der Waals surface area contributed by atoms with Gasteiger partial charge in [0.15, 0.2) is 0 Å². The van der Waals surface area contributed by atoms with Crippen LogP contribution in [0.3, 0.4) is 0 Å². The standard InChI is InChI=1S/C9H11NO3S/c1-5-7(9(11)12)14-8(10-5)6-3-2-4-13-6/h6H,2-4H2,1H3,(H,11,12)/t6-/m1/s1. The lowest BCUT2D eigenvalue weighted by Gasteiger charge is -2.02. The Labute approximate surface area is 85.5 Å². The largest absolute Gasteiger partial charge is 0.477 e. The molecule has 0 aliphatic carbocycles. The lowest BCUT2D eigenvalue weighted by molar-refractivity contribution is 0.0701. The fourth-order valence-electron chi connectivity index (χ4n) is 1.53. The quantitative estimate of drug-likeness (QED) is 0.816. The molecule has 1 aliphatic rings. The molecule has 1 aliphatic heterocycles. The van der Waals surface area contributed by atoms with Crippen LogP contribution in [0.5, 0.6) is 0 Å². The molecule has 2 rings (SSSR count). The zero-order valence-corrected chi connectivity index (χ0v) is 8.63. The van der Waals surface area contributed by atoms with Crippen LogP contribution in [0, 0.1) is 6.92 Å². The Morgan fingerprint density at radius 3 is 3.00 bits per heavy atom. The van der Waals surface area contributed by atoms with Crippen LogP contribution in [0.4, 0.5) is 0 Å². The summed E-state index contributed by atoms with van der Waals surface area (Å²) >= 11 is 1.23. The van der Waals surface area contributed by atoms with Crippen molar-refractivity contribution >= 4 is 17.3 Å². The summed E-state index contributed by atoms with van der Waals surface area (Å²) in [4.78, 5) is 15.3. The van der Waals surface area contributed by atoms with Gasteiger partial charge in [0, 0.05) is 6.61 Å². The van der Waals surface area contributed by atoms with Gasteiger partial charge >= 0.3 is 5.97 Å². The van der Waals surface area contributed by atoms with Crippen LogP contribution in [0.25, 0.3) is 0 Å². The van der Waals surface area contributed by atoms with Crippen molar-refractivity contribution in [2.24, 2.45) is 0 Å². The molecule has 2 heterocycles. The molecule has 1 aromatic rings. The van der Waals surface area contributed by atoms with E-state index >= 15 is 0 Å². The van der Waals surface area contributed by atoms with Crippen LogP contribution < -0.4 is 0 Å². The predicted molar refractivity (Wildman–Crippen MR) is 51.7 cm³/mol. The minimum absolute atomic E-state index is 0.0202. The van der Waals surface area contributed by atoms with Crippen LogP contribution in [0.15, 0.2) is 0 Å². The highest BCUT2D eigenvalue weighted by Crippen LogP contribution is 2.32. The van der Waals surface area contributed by atoms with Crippen LogP contribution in [0.2, 0.25) is 0 Å². The van der Waals surface area contributed by atoms with Gasteiger partial charge in [-0.15, -0.1) is 11.3 Å². The van der Waals surface area contributed by atoms with E-state index in [1.54, 1.807) is 6.92 Å². The number of carboxylic acid groups (broad SMARTS) is 1. The molecule has 0 unspecified atom stereocenters. The average molecular weight is 213 g/mol. The van der Waals surface area contributed by atoms with E-state index in [9.17, 15) is 4.79 Å². The molecule has 0 radical (unpaired) electrons. The minimum atomic E-state index is -0.899. The Bertz CT molecular complexity index is 355. The number of carboxylic acids is 1. The smallest absolute Gasteiger partial charge is 0.347 e. The summed E-state index contributed by atoms with van der Waals surface area (Å²) in [6.07, 6.45) is 2.00. The van der Waals surface area contributed by atoms with Gasteiger partial charge in [-0.3, -0.25) is 0 Å². The number of aromatic nitrogens is 1. The summed E-state index contributed by atoms with van der Waals surface area (Å²) in [7, 11) is 0. The van der Waals surface area contributed by atoms with Crippen molar-refractivity contribution in [1.29, 1.82) is 0 Å². The third kappa shape index (κ3) is 1.65. The van der Waals surface area contributed by atoms with E-state index in [1.807, 2.05) is 0 Å². The van der Waals surface area contributed by atoms with Crippen molar-refractivity contribution in [3.8, 4) is 0 Å². The van der Waals surface area contributed by atoms with Crippen LogP contribution in [-0.2, 0) is 4.74 Å². The second-order valence-corrected chi connectivity index (χ2v) is 4.30. The highest BCUT2D eigenvalue weighted by molar-refractivity contribution is 7.13. The second kappa shape index (κ2) is 3.67. The van der Waals surface area contributed by atoms with Gasteiger partial charge in [0.1, 0.15) is 16.0 Å². The normalized spacial score (nSPS) is 21.4. The number of thiazole rings is 1. The van der Waals surface area contributed by atoms with E-state index in [0.29, 0.717) is 10.6 Å². The van der Waals surface area contributed by atoms with Gasteiger partial charge in [-0.25, -0.2) is 9.78 Å². The van der Waals surface area contributed by atoms with Crippen molar-refractivity contribution in [2.45, 2.75) is 25.9 Å². The summed E-state index contributed by atoms with van der Waals surface area (Å²) in [5, 5.41) is 9.65. The van der Waals surface area contributed by atoms with Crippen LogP contribution in [-0.4, -0.2) is 22.7 Å². The number of hydrogen-bond donors (Lipinski definition) is 1. The number of aryl methyl sites for hydroxylation is 1. The predicted octanol–water partition coefficient (Wildman–Crippen LogP) is 2.00. The number of ether oxygens (including phenoxy) is 1. The first-order valence-electron chi connectivity index (χ1n) is 4.50. The van der Waals surface area contributed by atoms with Crippen LogP contribution >= 0.6 is 11.3 Å². The molecule has 0 saturated carbocycles. The number of rotatable bonds is 2. The average Bonchev–Trinajstić information content (AvgIpc) is 2.70. The Kier molecular flexibility index (Phi) is 2.52. The van der Waals surface area contributed by atoms with Crippen molar-refractivity contribution in [1.82, 2.24) is 4.98 Å². The summed E-state index contributed by atoms with van der Waals surface area (Å²) in [5.41, 5.74) is 0.591. The van der Waals surface area contributed by atoms with Gasteiger partial charge < -0.3 is 9.84 Å². The molecule has 1 fully saturated rings. The lowest BCUT2D eigenvalue weighted by Crippen LogP contribution is -1.94. The Hall–Kier alpha value is -0.940. The molecule has 0 bridgehead atoms. The first-order valence-corrected chi connectivity index (χ1v) is 5.32. The molecule has 1 atom stereocenters. The monoisotopic (exact) mass is 213 g/mol. The first kappa shape index (κ1) is 9.61. The van der Waals surface area contributed by atoms with E-state index in [1.165, 1.54) is 11.3 Å². The second-order valence-electron chi connectivity index (χ2n) is 3.27.